The summed E-state index contributed by atoms with van der Waals surface area (Å²) in [5, 5.41) is 23.9. The Bertz CT molecular complexity index is 1280. The van der Waals surface area contributed by atoms with Gasteiger partial charge < -0.3 is 24.4 Å². The lowest BCUT2D eigenvalue weighted by molar-refractivity contribution is -0.575. The van der Waals surface area contributed by atoms with Gasteiger partial charge in [-0.15, -0.1) is 0 Å². The molecule has 166 valence electrons. The van der Waals surface area contributed by atoms with Gasteiger partial charge in [-0.2, -0.15) is 4.73 Å². The molecule has 8 heteroatoms. The molecule has 4 rings (SSSR count). The number of carbonyl (C=O) groups is 1. The number of pyridine rings is 1. The largest absolute Gasteiger partial charge is 0.618 e. The van der Waals surface area contributed by atoms with Crippen molar-refractivity contribution in [3.05, 3.63) is 71.3 Å². The van der Waals surface area contributed by atoms with Crippen molar-refractivity contribution in [1.82, 2.24) is 9.55 Å². The van der Waals surface area contributed by atoms with E-state index in [1.165, 1.54) is 13.3 Å². The number of aliphatic hydroxyl groups is 1. The summed E-state index contributed by atoms with van der Waals surface area (Å²) in [5.41, 5.74) is 1.47. The lowest BCUT2D eigenvalue weighted by Gasteiger charge is -2.20. The van der Waals surface area contributed by atoms with Crippen LogP contribution >= 0.6 is 0 Å². The molecule has 0 unspecified atom stereocenters. The molecule has 8 nitrogen and oxygen atoms in total. The van der Waals surface area contributed by atoms with E-state index >= 15 is 0 Å². The van der Waals surface area contributed by atoms with Crippen molar-refractivity contribution in [1.29, 1.82) is 0 Å². The van der Waals surface area contributed by atoms with Gasteiger partial charge in [0.2, 0.25) is 11.7 Å². The molecule has 2 heterocycles. The molecule has 1 N–H and O–H groups in total. The summed E-state index contributed by atoms with van der Waals surface area (Å²) in [6.45, 7) is 3.93. The van der Waals surface area contributed by atoms with E-state index < -0.39 is 11.6 Å². The molecule has 0 bridgehead atoms. The van der Waals surface area contributed by atoms with Gasteiger partial charge in [0.05, 0.1) is 36.2 Å². The molecule has 2 aromatic carbocycles. The normalized spacial score (nSPS) is 11.8. The second kappa shape index (κ2) is 8.47. The average Bonchev–Trinajstić information content (AvgIpc) is 3.08. The topological polar surface area (TPSA) is 101 Å². The Morgan fingerprint density at radius 2 is 1.97 bits per heavy atom. The first-order valence-electron chi connectivity index (χ1n) is 10.3. The van der Waals surface area contributed by atoms with Crippen LogP contribution in [0.1, 0.15) is 25.2 Å². The van der Waals surface area contributed by atoms with Crippen LogP contribution < -0.4 is 9.47 Å². The molecule has 0 aliphatic carbocycles. The standard InChI is InChI=1S/C24H25N3O5/c1-24(2,29)15-26-21(12-22(28)31-3)25-19-13-27(30)20-11-17(9-10-18(20)23(19)26)32-14-16-7-5-4-6-8-16/h4-11,13,29H,12,14-15H2,1-3H3. The third kappa shape index (κ3) is 4.50. The van der Waals surface area contributed by atoms with E-state index in [1.54, 1.807) is 36.6 Å². The second-order valence-corrected chi connectivity index (χ2v) is 8.32. The minimum absolute atomic E-state index is 0.0696. The highest BCUT2D eigenvalue weighted by Gasteiger charge is 2.24. The van der Waals surface area contributed by atoms with E-state index in [4.69, 9.17) is 9.47 Å². The number of methoxy groups -OCH3 is 1. The van der Waals surface area contributed by atoms with Crippen molar-refractivity contribution in [2.45, 2.75) is 39.0 Å². The fraction of sp³-hybridized carbons (Fsp3) is 0.292. The van der Waals surface area contributed by atoms with Crippen LogP contribution in [0.25, 0.3) is 21.9 Å². The number of nitrogens with zero attached hydrogens (tertiary/aromatic N) is 3. The van der Waals surface area contributed by atoms with Crippen molar-refractivity contribution in [3.8, 4) is 5.75 Å². The van der Waals surface area contributed by atoms with E-state index in [0.29, 0.717) is 40.1 Å². The van der Waals surface area contributed by atoms with Crippen LogP contribution in [-0.2, 0) is 29.1 Å². The minimum atomic E-state index is -1.06. The molecule has 2 aromatic heterocycles. The average molecular weight is 435 g/mol. The van der Waals surface area contributed by atoms with Gasteiger partial charge >= 0.3 is 5.97 Å². The van der Waals surface area contributed by atoms with Gasteiger partial charge in [-0.05, 0) is 31.5 Å². The molecular formula is C24H25N3O5. The van der Waals surface area contributed by atoms with Gasteiger partial charge in [0.25, 0.3) is 0 Å². The third-order valence-electron chi connectivity index (χ3n) is 5.10. The number of imidazole rings is 1. The van der Waals surface area contributed by atoms with Gasteiger partial charge in [-0.1, -0.05) is 30.3 Å². The zero-order valence-corrected chi connectivity index (χ0v) is 18.2. The van der Waals surface area contributed by atoms with Crippen LogP contribution in [0.3, 0.4) is 0 Å². The van der Waals surface area contributed by atoms with Gasteiger partial charge in [0, 0.05) is 0 Å². The van der Waals surface area contributed by atoms with Gasteiger partial charge in [0.1, 0.15) is 24.6 Å². The SMILES string of the molecule is COC(=O)Cc1nc2c[n+]([O-])c3cc(OCc4ccccc4)ccc3c2n1CC(C)(C)O. The Morgan fingerprint density at radius 1 is 1.22 bits per heavy atom. The molecule has 0 amide bonds. The first kappa shape index (κ1) is 21.6. The molecule has 0 saturated heterocycles. The zero-order chi connectivity index (χ0) is 22.9. The minimum Gasteiger partial charge on any atom is -0.618 e. The van der Waals surface area contributed by atoms with Crippen LogP contribution in [0, 0.1) is 5.21 Å². The summed E-state index contributed by atoms with van der Waals surface area (Å²) in [6.07, 6.45) is 1.31. The highest BCUT2D eigenvalue weighted by Crippen LogP contribution is 2.28. The maximum atomic E-state index is 12.8. The van der Waals surface area contributed by atoms with E-state index in [2.05, 4.69) is 4.98 Å². The Morgan fingerprint density at radius 3 is 2.66 bits per heavy atom. The van der Waals surface area contributed by atoms with Gasteiger partial charge in [-0.3, -0.25) is 4.79 Å². The number of ether oxygens (including phenoxy) is 2. The van der Waals surface area contributed by atoms with Crippen LogP contribution in [0.5, 0.6) is 5.75 Å². The van der Waals surface area contributed by atoms with Crippen LogP contribution in [0.15, 0.2) is 54.7 Å². The molecule has 32 heavy (non-hydrogen) atoms. The fourth-order valence-electron chi connectivity index (χ4n) is 3.69. The molecule has 0 aliphatic heterocycles. The van der Waals surface area contributed by atoms with Crippen molar-refractivity contribution in [2.75, 3.05) is 7.11 Å². The number of benzene rings is 2. The van der Waals surface area contributed by atoms with Crippen LogP contribution in [-0.4, -0.2) is 33.3 Å². The summed E-state index contributed by atoms with van der Waals surface area (Å²) in [7, 11) is 1.31. The van der Waals surface area contributed by atoms with Crippen molar-refractivity contribution >= 4 is 27.9 Å². The highest BCUT2D eigenvalue weighted by atomic mass is 16.5. The zero-order valence-electron chi connectivity index (χ0n) is 18.2. The van der Waals surface area contributed by atoms with Crippen molar-refractivity contribution in [2.24, 2.45) is 0 Å². The maximum Gasteiger partial charge on any atom is 0.313 e. The van der Waals surface area contributed by atoms with Gasteiger partial charge in [-0.25, -0.2) is 4.98 Å². The summed E-state index contributed by atoms with van der Waals surface area (Å²) < 4.78 is 13.2. The lowest BCUT2D eigenvalue weighted by atomic mass is 10.1. The number of rotatable bonds is 7. The predicted molar refractivity (Wildman–Crippen MR) is 119 cm³/mol. The predicted octanol–water partition coefficient (Wildman–Crippen LogP) is 2.89. The number of hydrogen-bond donors (Lipinski definition) is 1. The van der Waals surface area contributed by atoms with Gasteiger partial charge in [0.15, 0.2) is 5.52 Å². The number of carbonyl (C=O) groups excluding carboxylic acids is 1. The molecule has 0 atom stereocenters. The summed E-state index contributed by atoms with van der Waals surface area (Å²) in [6, 6.07) is 15.0. The van der Waals surface area contributed by atoms with E-state index in [0.717, 1.165) is 10.3 Å². The second-order valence-electron chi connectivity index (χ2n) is 8.32. The Labute approximate surface area is 185 Å². The molecule has 4 aromatic rings. The number of hydrogen-bond acceptors (Lipinski definition) is 6. The monoisotopic (exact) mass is 435 g/mol. The number of fused-ring (bicyclic) bond motifs is 3. The first-order chi connectivity index (χ1) is 15.2. The molecule has 0 saturated carbocycles. The quantitative estimate of drug-likeness (QED) is 0.272. The molecular weight excluding hydrogens is 410 g/mol. The Kier molecular flexibility index (Phi) is 5.71. The summed E-state index contributed by atoms with van der Waals surface area (Å²) in [5.74, 6) is 0.535. The summed E-state index contributed by atoms with van der Waals surface area (Å²) in [4.78, 5) is 16.4. The highest BCUT2D eigenvalue weighted by molar-refractivity contribution is 6.01. The lowest BCUT2D eigenvalue weighted by Crippen LogP contribution is -2.29. The molecule has 0 fully saturated rings. The van der Waals surface area contributed by atoms with E-state index in [-0.39, 0.29) is 13.0 Å². The van der Waals surface area contributed by atoms with E-state index in [1.807, 2.05) is 30.3 Å². The molecule has 0 radical (unpaired) electrons. The number of aromatic nitrogens is 3. The maximum absolute atomic E-state index is 12.8. The number of esters is 1. The third-order valence-corrected chi connectivity index (χ3v) is 5.10. The Hall–Kier alpha value is -3.65. The smallest absolute Gasteiger partial charge is 0.313 e. The van der Waals surface area contributed by atoms with Crippen molar-refractivity contribution < 1.29 is 24.1 Å². The Balaban J connectivity index is 1.80. The van der Waals surface area contributed by atoms with Crippen molar-refractivity contribution in [3.63, 3.8) is 0 Å². The fourth-order valence-corrected chi connectivity index (χ4v) is 3.69. The molecule has 0 spiro atoms. The molecule has 0 aliphatic rings. The first-order valence-corrected chi connectivity index (χ1v) is 10.3. The van der Waals surface area contributed by atoms with E-state index in [9.17, 15) is 15.1 Å². The van der Waals surface area contributed by atoms with Crippen LogP contribution in [0.2, 0.25) is 0 Å². The summed E-state index contributed by atoms with van der Waals surface area (Å²) >= 11 is 0. The van der Waals surface area contributed by atoms with Crippen LogP contribution in [0.4, 0.5) is 0 Å².